The summed E-state index contributed by atoms with van der Waals surface area (Å²) in [7, 11) is 1.50. The first kappa shape index (κ1) is 22.0. The molecule has 0 fully saturated rings. The summed E-state index contributed by atoms with van der Waals surface area (Å²) in [6.07, 6.45) is -0.531. The number of anilines is 1. The zero-order chi connectivity index (χ0) is 23.2. The lowest BCUT2D eigenvalue weighted by atomic mass is 10.1. The number of nitrogens with one attached hydrogen (secondary N) is 1. The fourth-order valence-electron chi connectivity index (χ4n) is 3.80. The molecule has 0 aromatic carbocycles. The Labute approximate surface area is 183 Å². The van der Waals surface area contributed by atoms with E-state index in [1.54, 1.807) is 19.1 Å². The average Bonchev–Trinajstić information content (AvgIpc) is 3.21. The Morgan fingerprint density at radius 3 is 2.59 bits per heavy atom. The highest BCUT2D eigenvalue weighted by Gasteiger charge is 2.30. The van der Waals surface area contributed by atoms with Gasteiger partial charge in [-0.3, -0.25) is 0 Å². The lowest BCUT2D eigenvalue weighted by Crippen LogP contribution is -2.25. The quantitative estimate of drug-likeness (QED) is 0.575. The zero-order valence-electron chi connectivity index (χ0n) is 18.6. The van der Waals surface area contributed by atoms with Crippen molar-refractivity contribution in [3.8, 4) is 5.88 Å². The van der Waals surface area contributed by atoms with E-state index in [1.807, 2.05) is 13.0 Å². The van der Waals surface area contributed by atoms with Crippen molar-refractivity contribution in [1.82, 2.24) is 24.5 Å². The molecule has 10 heteroatoms. The third kappa shape index (κ3) is 4.13. The van der Waals surface area contributed by atoms with Crippen molar-refractivity contribution >= 4 is 22.7 Å². The maximum atomic E-state index is 13.9. The number of nitrogens with zero attached hydrogens (tertiary/aromatic N) is 5. The number of imidazole rings is 1. The molecule has 32 heavy (non-hydrogen) atoms. The van der Waals surface area contributed by atoms with Crippen LogP contribution in [0.2, 0.25) is 0 Å². The number of hydrogen-bond acceptors (Lipinski definition) is 6. The molecule has 1 aliphatic rings. The van der Waals surface area contributed by atoms with Gasteiger partial charge in [0.25, 0.3) is 6.43 Å². The molecule has 0 bridgehead atoms. The number of rotatable bonds is 7. The number of alkyl halides is 3. The van der Waals surface area contributed by atoms with E-state index in [-0.39, 0.29) is 18.4 Å². The fraction of sp³-hybridized carbons (Fsp3) is 0.455. The lowest BCUT2D eigenvalue weighted by molar-refractivity contribution is 0.127. The molecule has 0 aliphatic heterocycles. The highest BCUT2D eigenvalue weighted by atomic mass is 19.3. The molecule has 3 aromatic rings. The fourth-order valence-corrected chi connectivity index (χ4v) is 3.80. The van der Waals surface area contributed by atoms with Crippen molar-refractivity contribution in [2.75, 3.05) is 19.0 Å². The minimum atomic E-state index is -2.52. The first-order chi connectivity index (χ1) is 15.1. The summed E-state index contributed by atoms with van der Waals surface area (Å²) in [6.45, 7) is 6.17. The van der Waals surface area contributed by atoms with E-state index in [4.69, 9.17) is 4.74 Å². The highest BCUT2D eigenvalue weighted by molar-refractivity contribution is 5.88. The van der Waals surface area contributed by atoms with Gasteiger partial charge in [0.1, 0.15) is 17.0 Å². The summed E-state index contributed by atoms with van der Waals surface area (Å²) in [5, 5.41) is 2.92. The molecule has 1 N–H and O–H groups in total. The van der Waals surface area contributed by atoms with Crippen LogP contribution in [0.4, 0.5) is 19.1 Å². The van der Waals surface area contributed by atoms with E-state index in [0.29, 0.717) is 34.1 Å². The molecule has 4 rings (SSSR count). The molecule has 0 saturated carbocycles. The Kier molecular flexibility index (Phi) is 5.56. The number of allylic oxidation sites excluding steroid dienone is 1. The van der Waals surface area contributed by atoms with Gasteiger partial charge < -0.3 is 14.6 Å². The molecule has 0 spiro atoms. The van der Waals surface area contributed by atoms with Gasteiger partial charge in [0.2, 0.25) is 11.8 Å². The molecule has 0 amide bonds. The third-order valence-electron chi connectivity index (χ3n) is 5.26. The molecule has 3 heterocycles. The van der Waals surface area contributed by atoms with E-state index >= 15 is 0 Å². The molecular weight excluding hydrogens is 421 g/mol. The number of hydrogen-bond donors (Lipinski definition) is 1. The Balaban J connectivity index is 1.77. The van der Waals surface area contributed by atoms with Gasteiger partial charge >= 0.3 is 0 Å². The van der Waals surface area contributed by atoms with Gasteiger partial charge in [0.15, 0.2) is 5.65 Å². The van der Waals surface area contributed by atoms with Crippen molar-refractivity contribution in [2.45, 2.75) is 52.3 Å². The van der Waals surface area contributed by atoms with Crippen LogP contribution in [0.3, 0.4) is 0 Å². The molecule has 0 unspecified atom stereocenters. The average molecular weight is 446 g/mol. The predicted molar refractivity (Wildman–Crippen MR) is 116 cm³/mol. The van der Waals surface area contributed by atoms with Crippen molar-refractivity contribution < 1.29 is 17.9 Å². The SMILES string of the molecule is COc1nc(NCC(C)(C)F)nc2c1C(c1ccc3nc(C)n(CC(F)F)c3n1)=C[C@H]2C. The minimum absolute atomic E-state index is 0.0509. The van der Waals surface area contributed by atoms with Crippen LogP contribution in [0, 0.1) is 6.92 Å². The second kappa shape index (κ2) is 8.07. The Morgan fingerprint density at radius 2 is 1.94 bits per heavy atom. The van der Waals surface area contributed by atoms with Crippen LogP contribution in [-0.4, -0.2) is 50.3 Å². The van der Waals surface area contributed by atoms with Gasteiger partial charge in [-0.15, -0.1) is 0 Å². The number of pyridine rings is 1. The van der Waals surface area contributed by atoms with Gasteiger partial charge in [0, 0.05) is 11.5 Å². The van der Waals surface area contributed by atoms with Crippen LogP contribution >= 0.6 is 0 Å². The standard InChI is InChI=1S/C22H25F3N6O/c1-11-8-13(14-6-7-15-19(28-14)31(9-16(23)24)12(2)27-15)17-18(11)29-21(30-20(17)32-5)26-10-22(3,4)25/h6-8,11,16H,9-10H2,1-5H3,(H,26,29,30)/t11-/m1/s1. The second-order valence-electron chi connectivity index (χ2n) is 8.46. The minimum Gasteiger partial charge on any atom is -0.480 e. The van der Waals surface area contributed by atoms with Gasteiger partial charge in [-0.25, -0.2) is 28.1 Å². The maximum Gasteiger partial charge on any atom is 0.256 e. The predicted octanol–water partition coefficient (Wildman–Crippen LogP) is 4.51. The molecule has 1 atom stereocenters. The van der Waals surface area contributed by atoms with Gasteiger partial charge in [0.05, 0.1) is 37.2 Å². The van der Waals surface area contributed by atoms with Crippen molar-refractivity contribution in [2.24, 2.45) is 0 Å². The summed E-state index contributed by atoms with van der Waals surface area (Å²) in [5.41, 5.74) is 2.28. The molecular formula is C22H25F3N6O. The van der Waals surface area contributed by atoms with Crippen molar-refractivity contribution in [3.63, 3.8) is 0 Å². The number of fused-ring (bicyclic) bond motifs is 2. The van der Waals surface area contributed by atoms with Gasteiger partial charge in [-0.05, 0) is 32.9 Å². The Morgan fingerprint density at radius 1 is 1.19 bits per heavy atom. The Hall–Kier alpha value is -3.17. The molecule has 7 nitrogen and oxygen atoms in total. The van der Waals surface area contributed by atoms with E-state index < -0.39 is 18.6 Å². The molecule has 170 valence electrons. The molecule has 3 aromatic heterocycles. The number of aromatic nitrogens is 5. The summed E-state index contributed by atoms with van der Waals surface area (Å²) in [5.74, 6) is 1.03. The number of methoxy groups -OCH3 is 1. The van der Waals surface area contributed by atoms with E-state index in [1.165, 1.54) is 25.5 Å². The van der Waals surface area contributed by atoms with Crippen molar-refractivity contribution in [1.29, 1.82) is 0 Å². The number of aryl methyl sites for hydroxylation is 1. The summed E-state index contributed by atoms with van der Waals surface area (Å²) >= 11 is 0. The van der Waals surface area contributed by atoms with Gasteiger partial charge in [-0.1, -0.05) is 13.0 Å². The number of halogens is 3. The monoisotopic (exact) mass is 446 g/mol. The second-order valence-corrected chi connectivity index (χ2v) is 8.46. The van der Waals surface area contributed by atoms with Crippen LogP contribution in [0.15, 0.2) is 18.2 Å². The van der Waals surface area contributed by atoms with Crippen LogP contribution in [-0.2, 0) is 6.54 Å². The van der Waals surface area contributed by atoms with Crippen molar-refractivity contribution in [3.05, 3.63) is 41.0 Å². The zero-order valence-corrected chi connectivity index (χ0v) is 18.6. The summed E-state index contributed by atoms with van der Waals surface area (Å²) in [6, 6.07) is 3.56. The van der Waals surface area contributed by atoms with E-state index in [0.717, 1.165) is 11.3 Å². The van der Waals surface area contributed by atoms with E-state index in [2.05, 4.69) is 25.3 Å². The highest BCUT2D eigenvalue weighted by Crippen LogP contribution is 2.42. The normalized spacial score (nSPS) is 15.9. The first-order valence-corrected chi connectivity index (χ1v) is 10.3. The van der Waals surface area contributed by atoms with Crippen LogP contribution in [0.25, 0.3) is 16.7 Å². The third-order valence-corrected chi connectivity index (χ3v) is 5.26. The smallest absolute Gasteiger partial charge is 0.256 e. The first-order valence-electron chi connectivity index (χ1n) is 10.3. The molecule has 0 saturated heterocycles. The van der Waals surface area contributed by atoms with Crippen LogP contribution in [0.5, 0.6) is 5.88 Å². The van der Waals surface area contributed by atoms with Crippen LogP contribution in [0.1, 0.15) is 49.5 Å². The maximum absolute atomic E-state index is 13.9. The largest absolute Gasteiger partial charge is 0.480 e. The summed E-state index contributed by atoms with van der Waals surface area (Å²) in [4.78, 5) is 18.0. The lowest BCUT2D eigenvalue weighted by Gasteiger charge is -2.17. The molecule has 0 radical (unpaired) electrons. The van der Waals surface area contributed by atoms with E-state index in [9.17, 15) is 13.2 Å². The topological polar surface area (TPSA) is 77.8 Å². The molecule has 1 aliphatic carbocycles. The van der Waals surface area contributed by atoms with Gasteiger partial charge in [-0.2, -0.15) is 4.98 Å². The Bertz CT molecular complexity index is 1200. The number of ether oxygens (including phenoxy) is 1. The van der Waals surface area contributed by atoms with Crippen LogP contribution < -0.4 is 10.1 Å². The summed E-state index contributed by atoms with van der Waals surface area (Å²) < 4.78 is 47.0.